The molecule has 0 saturated carbocycles. The number of hydrogen-bond acceptors (Lipinski definition) is 3. The van der Waals surface area contributed by atoms with Gasteiger partial charge in [-0.15, -0.1) is 0 Å². The summed E-state index contributed by atoms with van der Waals surface area (Å²) in [6.07, 6.45) is 0. The Morgan fingerprint density at radius 2 is 0.860 bits per heavy atom. The van der Waals surface area contributed by atoms with E-state index in [1.165, 1.54) is 16.7 Å². The van der Waals surface area contributed by atoms with Crippen molar-refractivity contribution in [2.24, 2.45) is 0 Å². The van der Waals surface area contributed by atoms with Crippen LogP contribution in [0.2, 0.25) is 0 Å². The summed E-state index contributed by atoms with van der Waals surface area (Å²) in [4.78, 5) is 10.0. The smallest absolute Gasteiger partial charge is 0.160 e. The molecule has 202 valence electrons. The zero-order chi connectivity index (χ0) is 28.6. The van der Waals surface area contributed by atoms with Crippen molar-refractivity contribution in [1.82, 2.24) is 9.97 Å². The molecule has 0 radical (unpaired) electrons. The van der Waals surface area contributed by atoms with Crippen molar-refractivity contribution in [3.05, 3.63) is 158 Å². The molecule has 3 nitrogen and oxygen atoms in total. The predicted octanol–water partition coefficient (Wildman–Crippen LogP) is 10.7. The summed E-state index contributed by atoms with van der Waals surface area (Å²) in [6, 6.07) is 54.5. The lowest BCUT2D eigenvalue weighted by atomic mass is 9.98. The lowest BCUT2D eigenvalue weighted by Gasteiger charge is -2.11. The third-order valence-corrected chi connectivity index (χ3v) is 7.92. The maximum Gasteiger partial charge on any atom is 0.160 e. The number of nitrogens with zero attached hydrogens (tertiary/aromatic N) is 2. The SMILES string of the molecule is c1ccc(-c2cccc(-c3ccc(-c4cc(-c5ccc6c(c5)oc5ccccc56)nc(-c5ccccc5)n4)cc3)c2)cc1. The lowest BCUT2D eigenvalue weighted by Crippen LogP contribution is -1.96. The number of aromatic nitrogens is 2. The first-order chi connectivity index (χ1) is 21.3. The van der Waals surface area contributed by atoms with Crippen LogP contribution in [0.25, 0.3) is 78.1 Å². The van der Waals surface area contributed by atoms with Gasteiger partial charge < -0.3 is 4.42 Å². The summed E-state index contributed by atoms with van der Waals surface area (Å²) in [5, 5.41) is 2.22. The molecule has 0 N–H and O–H groups in total. The van der Waals surface area contributed by atoms with Gasteiger partial charge in [-0.3, -0.25) is 0 Å². The van der Waals surface area contributed by atoms with Crippen molar-refractivity contribution < 1.29 is 4.42 Å². The summed E-state index contributed by atoms with van der Waals surface area (Å²) < 4.78 is 6.19. The maximum atomic E-state index is 6.19. The van der Waals surface area contributed by atoms with Crippen LogP contribution in [-0.4, -0.2) is 9.97 Å². The fourth-order valence-corrected chi connectivity index (χ4v) is 5.69. The molecule has 0 unspecified atom stereocenters. The first-order valence-corrected chi connectivity index (χ1v) is 14.4. The second kappa shape index (κ2) is 10.6. The molecule has 0 bridgehead atoms. The van der Waals surface area contributed by atoms with E-state index < -0.39 is 0 Å². The van der Waals surface area contributed by atoms with Crippen LogP contribution in [-0.2, 0) is 0 Å². The van der Waals surface area contributed by atoms with Crippen molar-refractivity contribution in [1.29, 1.82) is 0 Å². The van der Waals surface area contributed by atoms with Crippen LogP contribution < -0.4 is 0 Å². The maximum absolute atomic E-state index is 6.19. The molecular weight excluding hydrogens is 524 g/mol. The molecule has 0 saturated heterocycles. The summed E-state index contributed by atoms with van der Waals surface area (Å²) in [7, 11) is 0. The molecule has 0 aliphatic rings. The fraction of sp³-hybridized carbons (Fsp3) is 0. The number of rotatable bonds is 5. The Bertz CT molecular complexity index is 2220. The first-order valence-electron chi connectivity index (χ1n) is 14.4. The van der Waals surface area contributed by atoms with Crippen LogP contribution in [0.3, 0.4) is 0 Å². The highest BCUT2D eigenvalue weighted by molar-refractivity contribution is 6.05. The molecule has 0 atom stereocenters. The summed E-state index contributed by atoms with van der Waals surface area (Å²) in [5.41, 5.74) is 11.2. The summed E-state index contributed by atoms with van der Waals surface area (Å²) >= 11 is 0. The normalized spacial score (nSPS) is 11.3. The molecule has 2 aromatic heterocycles. The Labute approximate surface area is 249 Å². The van der Waals surface area contributed by atoms with Gasteiger partial charge >= 0.3 is 0 Å². The summed E-state index contributed by atoms with van der Waals surface area (Å²) in [5.74, 6) is 0.692. The number of hydrogen-bond donors (Lipinski definition) is 0. The molecule has 6 aromatic carbocycles. The second-order valence-electron chi connectivity index (χ2n) is 10.7. The molecule has 0 spiro atoms. The van der Waals surface area contributed by atoms with E-state index in [4.69, 9.17) is 14.4 Å². The molecule has 0 aliphatic heterocycles. The number of furan rings is 1. The van der Waals surface area contributed by atoms with Crippen LogP contribution in [0.1, 0.15) is 0 Å². The van der Waals surface area contributed by atoms with Crippen molar-refractivity contribution in [3.63, 3.8) is 0 Å². The van der Waals surface area contributed by atoms with Gasteiger partial charge in [0.25, 0.3) is 0 Å². The molecule has 3 heteroatoms. The molecular formula is C40H26N2O. The highest BCUT2D eigenvalue weighted by Gasteiger charge is 2.13. The molecule has 0 amide bonds. The average molecular weight is 551 g/mol. The van der Waals surface area contributed by atoms with Gasteiger partial charge in [-0.2, -0.15) is 0 Å². The minimum atomic E-state index is 0.692. The van der Waals surface area contributed by atoms with E-state index in [9.17, 15) is 0 Å². The number of benzene rings is 6. The van der Waals surface area contributed by atoms with Crippen molar-refractivity contribution in [2.45, 2.75) is 0 Å². The predicted molar refractivity (Wildman–Crippen MR) is 176 cm³/mol. The van der Waals surface area contributed by atoms with Gasteiger partial charge in [0.15, 0.2) is 5.82 Å². The summed E-state index contributed by atoms with van der Waals surface area (Å²) in [6.45, 7) is 0. The van der Waals surface area contributed by atoms with Crippen molar-refractivity contribution in [2.75, 3.05) is 0 Å². The molecule has 2 heterocycles. The van der Waals surface area contributed by atoms with Gasteiger partial charge in [-0.05, 0) is 52.6 Å². The second-order valence-corrected chi connectivity index (χ2v) is 10.7. The molecule has 8 aromatic rings. The highest BCUT2D eigenvalue weighted by atomic mass is 16.3. The third kappa shape index (κ3) is 4.77. The Morgan fingerprint density at radius 1 is 0.326 bits per heavy atom. The van der Waals surface area contributed by atoms with E-state index in [0.717, 1.165) is 55.6 Å². The van der Waals surface area contributed by atoms with E-state index in [1.807, 2.05) is 54.6 Å². The van der Waals surface area contributed by atoms with Gasteiger partial charge in [0.1, 0.15) is 11.2 Å². The van der Waals surface area contributed by atoms with Crippen LogP contribution in [0.15, 0.2) is 162 Å². The lowest BCUT2D eigenvalue weighted by molar-refractivity contribution is 0.669. The van der Waals surface area contributed by atoms with Crippen molar-refractivity contribution >= 4 is 21.9 Å². The Morgan fingerprint density at radius 3 is 1.60 bits per heavy atom. The largest absolute Gasteiger partial charge is 0.456 e. The van der Waals surface area contributed by atoms with Gasteiger partial charge in [0, 0.05) is 27.5 Å². The Hall–Kier alpha value is -5.80. The van der Waals surface area contributed by atoms with Gasteiger partial charge in [-0.1, -0.05) is 127 Å². The van der Waals surface area contributed by atoms with E-state index in [2.05, 4.69) is 103 Å². The van der Waals surface area contributed by atoms with E-state index in [-0.39, 0.29) is 0 Å². The highest BCUT2D eigenvalue weighted by Crippen LogP contribution is 2.34. The first kappa shape index (κ1) is 25.0. The van der Waals surface area contributed by atoms with Crippen molar-refractivity contribution in [3.8, 4) is 56.2 Å². The standard InChI is InChI=1S/C40H26N2O/c1-3-10-27(11-4-1)31-14-9-15-32(24-31)28-18-20-29(21-19-28)36-26-37(42-40(41-36)30-12-5-2-6-13-30)33-22-23-35-34-16-7-8-17-38(34)43-39(35)25-33/h1-26H. The topological polar surface area (TPSA) is 38.9 Å². The molecule has 0 fully saturated rings. The third-order valence-electron chi connectivity index (χ3n) is 7.92. The monoisotopic (exact) mass is 550 g/mol. The molecule has 0 aliphatic carbocycles. The Balaban J connectivity index is 1.20. The van der Waals surface area contributed by atoms with Crippen LogP contribution >= 0.6 is 0 Å². The average Bonchev–Trinajstić information content (AvgIpc) is 3.47. The zero-order valence-electron chi connectivity index (χ0n) is 23.3. The quantitative estimate of drug-likeness (QED) is 0.214. The van der Waals surface area contributed by atoms with Gasteiger partial charge in [-0.25, -0.2) is 9.97 Å². The fourth-order valence-electron chi connectivity index (χ4n) is 5.69. The minimum Gasteiger partial charge on any atom is -0.456 e. The minimum absolute atomic E-state index is 0.692. The number of para-hydroxylation sites is 1. The molecule has 8 rings (SSSR count). The van der Waals surface area contributed by atoms with Crippen LogP contribution in [0.5, 0.6) is 0 Å². The van der Waals surface area contributed by atoms with Gasteiger partial charge in [0.2, 0.25) is 0 Å². The van der Waals surface area contributed by atoms with E-state index in [1.54, 1.807) is 0 Å². The number of fused-ring (bicyclic) bond motifs is 3. The van der Waals surface area contributed by atoms with Gasteiger partial charge in [0.05, 0.1) is 11.4 Å². The van der Waals surface area contributed by atoms with Crippen LogP contribution in [0.4, 0.5) is 0 Å². The zero-order valence-corrected chi connectivity index (χ0v) is 23.3. The van der Waals surface area contributed by atoms with E-state index >= 15 is 0 Å². The Kier molecular flexibility index (Phi) is 6.12. The van der Waals surface area contributed by atoms with E-state index in [0.29, 0.717) is 5.82 Å². The molecule has 43 heavy (non-hydrogen) atoms. The van der Waals surface area contributed by atoms with Crippen LogP contribution in [0, 0.1) is 0 Å².